The van der Waals surface area contributed by atoms with E-state index in [1.165, 1.54) is 5.56 Å². The van der Waals surface area contributed by atoms with Crippen molar-refractivity contribution < 1.29 is 0 Å². The molecule has 3 nitrogen and oxygen atoms in total. The van der Waals surface area contributed by atoms with E-state index < -0.39 is 0 Å². The van der Waals surface area contributed by atoms with Crippen LogP contribution in [0.4, 0.5) is 0 Å². The quantitative estimate of drug-likeness (QED) is 0.835. The van der Waals surface area contributed by atoms with E-state index in [-0.39, 0.29) is 6.42 Å². The van der Waals surface area contributed by atoms with Gasteiger partial charge in [0.05, 0.1) is 12.1 Å². The van der Waals surface area contributed by atoms with Crippen molar-refractivity contribution in [3.05, 3.63) is 34.9 Å². The maximum Gasteiger partial charge on any atom is 0.122 e. The molecule has 0 fully saturated rings. The minimum absolute atomic E-state index is 0. The molecule has 0 atom stereocenters. The molecule has 1 aromatic carbocycles. The molecule has 0 amide bonds. The van der Waals surface area contributed by atoms with Crippen molar-refractivity contribution in [1.82, 2.24) is 5.32 Å². The van der Waals surface area contributed by atoms with Crippen LogP contribution in [0.3, 0.4) is 0 Å². The van der Waals surface area contributed by atoms with E-state index >= 15 is 0 Å². The molecular weight excluding hydrogens is 210 g/mol. The summed E-state index contributed by atoms with van der Waals surface area (Å²) in [7, 11) is 1.93. The van der Waals surface area contributed by atoms with E-state index in [1.54, 1.807) is 12.1 Å². The number of nitrogens with zero attached hydrogens (tertiary/aromatic N) is 2. The molecule has 0 radical (unpaired) electrons. The summed E-state index contributed by atoms with van der Waals surface area (Å²) in [5, 5.41) is 19.0. The van der Waals surface area contributed by atoms with Crippen molar-refractivity contribution in [1.29, 1.82) is 10.5 Å². The van der Waals surface area contributed by atoms with Gasteiger partial charge >= 0.3 is 0 Å². The van der Waals surface area contributed by atoms with Gasteiger partial charge in [0.1, 0.15) is 6.42 Å². The molecule has 0 spiro atoms. The lowest BCUT2D eigenvalue weighted by Crippen LogP contribution is -2.04. The highest BCUT2D eigenvalue weighted by Crippen LogP contribution is 2.08. The van der Waals surface area contributed by atoms with Crippen LogP contribution in [0.2, 0.25) is 5.02 Å². The predicted molar refractivity (Wildman–Crippen MR) is 60.1 cm³/mol. The van der Waals surface area contributed by atoms with Crippen molar-refractivity contribution in [2.24, 2.45) is 0 Å². The number of hydrogen-bond donors (Lipinski definition) is 1. The summed E-state index contributed by atoms with van der Waals surface area (Å²) in [4.78, 5) is 0. The Labute approximate surface area is 94.9 Å². The van der Waals surface area contributed by atoms with Gasteiger partial charge in [-0.15, -0.1) is 0 Å². The maximum atomic E-state index is 7.59. The number of halogens is 1. The molecule has 0 saturated carbocycles. The fourth-order valence-electron chi connectivity index (χ4n) is 0.842. The van der Waals surface area contributed by atoms with Crippen molar-refractivity contribution in [2.75, 3.05) is 7.05 Å². The first-order valence-corrected chi connectivity index (χ1v) is 4.75. The SMILES string of the molecule is CNCc1ccc(Cl)cc1.N#CCC#N. The minimum Gasteiger partial charge on any atom is -0.316 e. The van der Waals surface area contributed by atoms with Gasteiger partial charge in [0, 0.05) is 11.6 Å². The molecule has 78 valence electrons. The zero-order chi connectivity index (χ0) is 11.5. The number of nitrogens with one attached hydrogen (secondary N) is 1. The fraction of sp³-hybridized carbons (Fsp3) is 0.273. The molecule has 1 aromatic rings. The minimum atomic E-state index is 0. The Kier molecular flexibility index (Phi) is 8.09. The summed E-state index contributed by atoms with van der Waals surface area (Å²) in [6.07, 6.45) is 0. The zero-order valence-corrected chi connectivity index (χ0v) is 9.25. The standard InChI is InChI=1S/C8H10ClN.C3H2N2/c1-10-6-7-2-4-8(9)5-3-7;4-2-1-3-5/h2-5,10H,6H2,1H3;1H2. The topological polar surface area (TPSA) is 59.6 Å². The Morgan fingerprint density at radius 3 is 2.07 bits per heavy atom. The zero-order valence-electron chi connectivity index (χ0n) is 8.50. The van der Waals surface area contributed by atoms with Gasteiger partial charge in [-0.3, -0.25) is 0 Å². The molecule has 0 heterocycles. The van der Waals surface area contributed by atoms with Crippen LogP contribution in [0.1, 0.15) is 12.0 Å². The molecular formula is C11H12ClN3. The smallest absolute Gasteiger partial charge is 0.122 e. The van der Waals surface area contributed by atoms with E-state index in [9.17, 15) is 0 Å². The summed E-state index contributed by atoms with van der Waals surface area (Å²) in [5.41, 5.74) is 1.26. The first-order valence-electron chi connectivity index (χ1n) is 4.37. The third-order valence-corrected chi connectivity index (χ3v) is 1.70. The lowest BCUT2D eigenvalue weighted by atomic mass is 10.2. The summed E-state index contributed by atoms with van der Waals surface area (Å²) in [5.74, 6) is 0. The number of hydrogen-bond acceptors (Lipinski definition) is 3. The Balaban J connectivity index is 0.000000336. The highest BCUT2D eigenvalue weighted by atomic mass is 35.5. The van der Waals surface area contributed by atoms with Crippen molar-refractivity contribution in [3.8, 4) is 12.1 Å². The van der Waals surface area contributed by atoms with Crippen LogP contribution < -0.4 is 5.32 Å². The van der Waals surface area contributed by atoms with Crippen LogP contribution in [0.5, 0.6) is 0 Å². The summed E-state index contributed by atoms with van der Waals surface area (Å²) in [6, 6.07) is 11.1. The van der Waals surface area contributed by atoms with Crippen molar-refractivity contribution >= 4 is 11.6 Å². The first-order chi connectivity index (χ1) is 7.24. The molecule has 4 heteroatoms. The second-order valence-electron chi connectivity index (χ2n) is 2.65. The monoisotopic (exact) mass is 221 g/mol. The molecule has 1 N–H and O–H groups in total. The van der Waals surface area contributed by atoms with Gasteiger partial charge in [0.25, 0.3) is 0 Å². The maximum absolute atomic E-state index is 7.59. The summed E-state index contributed by atoms with van der Waals surface area (Å²) < 4.78 is 0. The van der Waals surface area contributed by atoms with E-state index in [4.69, 9.17) is 22.1 Å². The van der Waals surface area contributed by atoms with Crippen LogP contribution in [0, 0.1) is 22.7 Å². The molecule has 0 aliphatic rings. The van der Waals surface area contributed by atoms with Crippen LogP contribution in [0.15, 0.2) is 24.3 Å². The second-order valence-corrected chi connectivity index (χ2v) is 3.09. The van der Waals surface area contributed by atoms with Crippen LogP contribution >= 0.6 is 11.6 Å². The van der Waals surface area contributed by atoms with Gasteiger partial charge in [-0.2, -0.15) is 10.5 Å². The molecule has 0 aliphatic carbocycles. The lowest BCUT2D eigenvalue weighted by molar-refractivity contribution is 0.818. The molecule has 0 unspecified atom stereocenters. The van der Waals surface area contributed by atoms with Gasteiger partial charge < -0.3 is 5.32 Å². The van der Waals surface area contributed by atoms with Crippen molar-refractivity contribution in [2.45, 2.75) is 13.0 Å². The fourth-order valence-corrected chi connectivity index (χ4v) is 0.968. The largest absolute Gasteiger partial charge is 0.316 e. The Morgan fingerprint density at radius 2 is 1.73 bits per heavy atom. The second kappa shape index (κ2) is 9.02. The van der Waals surface area contributed by atoms with Crippen LogP contribution in [-0.2, 0) is 6.54 Å². The molecule has 0 saturated heterocycles. The molecule has 0 aliphatic heterocycles. The highest BCUT2D eigenvalue weighted by Gasteiger charge is 1.88. The van der Waals surface area contributed by atoms with Crippen LogP contribution in [0.25, 0.3) is 0 Å². The van der Waals surface area contributed by atoms with Gasteiger partial charge in [-0.05, 0) is 24.7 Å². The Hall–Kier alpha value is -1.55. The Morgan fingerprint density at radius 1 is 1.20 bits per heavy atom. The van der Waals surface area contributed by atoms with E-state index in [2.05, 4.69) is 5.32 Å². The van der Waals surface area contributed by atoms with Gasteiger partial charge in [0.2, 0.25) is 0 Å². The third-order valence-electron chi connectivity index (χ3n) is 1.45. The van der Waals surface area contributed by atoms with E-state index in [0.29, 0.717) is 0 Å². The molecule has 0 aromatic heterocycles. The van der Waals surface area contributed by atoms with Gasteiger partial charge in [-0.25, -0.2) is 0 Å². The normalized spacial score (nSPS) is 8.00. The predicted octanol–water partition coefficient (Wildman–Crippen LogP) is 2.48. The first kappa shape index (κ1) is 13.4. The number of nitriles is 2. The number of benzene rings is 1. The van der Waals surface area contributed by atoms with E-state index in [0.717, 1.165) is 11.6 Å². The van der Waals surface area contributed by atoms with Crippen molar-refractivity contribution in [3.63, 3.8) is 0 Å². The lowest BCUT2D eigenvalue weighted by Gasteiger charge is -1.97. The molecule has 0 bridgehead atoms. The molecule has 15 heavy (non-hydrogen) atoms. The highest BCUT2D eigenvalue weighted by molar-refractivity contribution is 6.30. The number of rotatable bonds is 2. The molecule has 1 rings (SSSR count). The summed E-state index contributed by atoms with van der Waals surface area (Å²) in [6.45, 7) is 0.900. The average molecular weight is 222 g/mol. The van der Waals surface area contributed by atoms with Gasteiger partial charge in [0.15, 0.2) is 0 Å². The van der Waals surface area contributed by atoms with Crippen LogP contribution in [-0.4, -0.2) is 7.05 Å². The van der Waals surface area contributed by atoms with Gasteiger partial charge in [-0.1, -0.05) is 23.7 Å². The third kappa shape index (κ3) is 7.52. The Bertz CT molecular complexity index is 334. The summed E-state index contributed by atoms with van der Waals surface area (Å²) >= 11 is 5.69. The van der Waals surface area contributed by atoms with E-state index in [1.807, 2.05) is 31.3 Å². The average Bonchev–Trinajstić information content (AvgIpc) is 2.24.